The van der Waals surface area contributed by atoms with E-state index in [-0.39, 0.29) is 35.2 Å². The topological polar surface area (TPSA) is 46.5 Å². The molecule has 1 N–H and O–H groups in total. The van der Waals surface area contributed by atoms with Crippen molar-refractivity contribution in [3.8, 4) is 0 Å². The minimum absolute atomic E-state index is 0.108. The number of ether oxygens (including phenoxy) is 1. The first-order chi connectivity index (χ1) is 7.71. The summed E-state index contributed by atoms with van der Waals surface area (Å²) < 4.78 is 4.79. The Morgan fingerprint density at radius 2 is 1.76 bits per heavy atom. The maximum Gasteiger partial charge on any atom is 0.311 e. The second-order valence-electron chi connectivity index (χ2n) is 6.99. The van der Waals surface area contributed by atoms with E-state index in [4.69, 9.17) is 4.74 Å². The van der Waals surface area contributed by atoms with Crippen molar-refractivity contribution in [2.45, 2.75) is 47.0 Å². The zero-order valence-electron chi connectivity index (χ0n) is 11.7. The summed E-state index contributed by atoms with van der Waals surface area (Å²) in [5, 5.41) is 9.42. The third-order valence-corrected chi connectivity index (χ3v) is 3.86. The maximum absolute atomic E-state index is 11.7. The number of rotatable bonds is 3. The molecule has 0 aromatic carbocycles. The van der Waals surface area contributed by atoms with Gasteiger partial charge < -0.3 is 9.84 Å². The SMILES string of the molecule is COC(=O)C(CO)C1CC(C)(C)CC(C)(C)C1. The van der Waals surface area contributed by atoms with Crippen molar-refractivity contribution in [2.75, 3.05) is 13.7 Å². The van der Waals surface area contributed by atoms with Gasteiger partial charge in [-0.3, -0.25) is 4.79 Å². The van der Waals surface area contributed by atoms with Gasteiger partial charge in [-0.25, -0.2) is 0 Å². The molecule has 1 unspecified atom stereocenters. The van der Waals surface area contributed by atoms with E-state index < -0.39 is 0 Å². The average molecular weight is 242 g/mol. The molecule has 17 heavy (non-hydrogen) atoms. The fourth-order valence-electron chi connectivity index (χ4n) is 3.78. The number of methoxy groups -OCH3 is 1. The van der Waals surface area contributed by atoms with Crippen LogP contribution in [0, 0.1) is 22.7 Å². The van der Waals surface area contributed by atoms with Gasteiger partial charge in [-0.15, -0.1) is 0 Å². The number of carbonyl (C=O) groups is 1. The Balaban J connectivity index is 2.85. The summed E-state index contributed by atoms with van der Waals surface area (Å²) in [7, 11) is 1.39. The third-order valence-electron chi connectivity index (χ3n) is 3.86. The lowest BCUT2D eigenvalue weighted by molar-refractivity contribution is -0.151. The van der Waals surface area contributed by atoms with E-state index in [0.717, 1.165) is 19.3 Å². The van der Waals surface area contributed by atoms with Gasteiger partial charge in [-0.2, -0.15) is 0 Å². The maximum atomic E-state index is 11.7. The Kier molecular flexibility index (Phi) is 4.23. The molecule has 0 heterocycles. The molecule has 0 aliphatic heterocycles. The smallest absolute Gasteiger partial charge is 0.311 e. The van der Waals surface area contributed by atoms with Gasteiger partial charge in [0.1, 0.15) is 0 Å². The predicted octanol–water partition coefficient (Wildman–Crippen LogP) is 2.62. The van der Waals surface area contributed by atoms with Crippen molar-refractivity contribution in [2.24, 2.45) is 22.7 Å². The van der Waals surface area contributed by atoms with Gasteiger partial charge in [0, 0.05) is 0 Å². The highest BCUT2D eigenvalue weighted by Crippen LogP contribution is 2.50. The average Bonchev–Trinajstić information content (AvgIpc) is 2.13. The van der Waals surface area contributed by atoms with Gasteiger partial charge in [0.2, 0.25) is 0 Å². The first-order valence-corrected chi connectivity index (χ1v) is 6.39. The van der Waals surface area contributed by atoms with Gasteiger partial charge >= 0.3 is 5.97 Å². The molecule has 3 heteroatoms. The van der Waals surface area contributed by atoms with Crippen molar-refractivity contribution >= 4 is 5.97 Å². The fourth-order valence-corrected chi connectivity index (χ4v) is 3.78. The molecule has 1 aliphatic rings. The van der Waals surface area contributed by atoms with Crippen LogP contribution in [0.25, 0.3) is 0 Å². The molecular formula is C14H26O3. The molecule has 0 amide bonds. The first kappa shape index (κ1) is 14.5. The van der Waals surface area contributed by atoms with Crippen molar-refractivity contribution in [3.05, 3.63) is 0 Å². The Morgan fingerprint density at radius 3 is 2.12 bits per heavy atom. The summed E-state index contributed by atoms with van der Waals surface area (Å²) in [6.07, 6.45) is 3.13. The van der Waals surface area contributed by atoms with Gasteiger partial charge in [0.05, 0.1) is 19.6 Å². The van der Waals surface area contributed by atoms with Crippen molar-refractivity contribution in [1.82, 2.24) is 0 Å². The molecule has 0 aromatic rings. The summed E-state index contributed by atoms with van der Waals surface area (Å²) >= 11 is 0. The zero-order chi connectivity index (χ0) is 13.3. The minimum Gasteiger partial charge on any atom is -0.469 e. The zero-order valence-corrected chi connectivity index (χ0v) is 11.7. The summed E-state index contributed by atoms with van der Waals surface area (Å²) in [6, 6.07) is 0. The molecule has 3 nitrogen and oxygen atoms in total. The third kappa shape index (κ3) is 3.70. The number of carbonyl (C=O) groups excluding carboxylic acids is 1. The Morgan fingerprint density at radius 1 is 1.29 bits per heavy atom. The molecule has 0 aromatic heterocycles. The summed E-state index contributed by atoms with van der Waals surface area (Å²) in [4.78, 5) is 11.7. The number of hydrogen-bond acceptors (Lipinski definition) is 3. The van der Waals surface area contributed by atoms with E-state index in [1.54, 1.807) is 0 Å². The van der Waals surface area contributed by atoms with E-state index in [1.165, 1.54) is 7.11 Å². The second-order valence-corrected chi connectivity index (χ2v) is 6.99. The summed E-state index contributed by atoms with van der Waals surface area (Å²) in [6.45, 7) is 8.86. The Hall–Kier alpha value is -0.570. The molecule has 0 spiro atoms. The van der Waals surface area contributed by atoms with Crippen LogP contribution in [0.15, 0.2) is 0 Å². The number of aliphatic hydroxyl groups excluding tert-OH is 1. The first-order valence-electron chi connectivity index (χ1n) is 6.39. The van der Waals surface area contributed by atoms with Gasteiger partial charge in [0.15, 0.2) is 0 Å². The van der Waals surface area contributed by atoms with Crippen LogP contribution in [0.4, 0.5) is 0 Å². The van der Waals surface area contributed by atoms with Crippen LogP contribution in [0.5, 0.6) is 0 Å². The molecule has 1 fully saturated rings. The van der Waals surface area contributed by atoms with Crippen molar-refractivity contribution in [1.29, 1.82) is 0 Å². The van der Waals surface area contributed by atoms with Crippen LogP contribution >= 0.6 is 0 Å². The quantitative estimate of drug-likeness (QED) is 0.774. The summed E-state index contributed by atoms with van der Waals surface area (Å²) in [5.41, 5.74) is 0.460. The Bertz CT molecular complexity index is 265. The molecule has 0 bridgehead atoms. The summed E-state index contributed by atoms with van der Waals surface area (Å²) in [5.74, 6) is -0.406. The van der Waals surface area contributed by atoms with Gasteiger partial charge in [0.25, 0.3) is 0 Å². The number of aliphatic hydroxyl groups is 1. The molecule has 0 saturated heterocycles. The lowest BCUT2D eigenvalue weighted by Crippen LogP contribution is -2.40. The molecule has 1 atom stereocenters. The van der Waals surface area contributed by atoms with Crippen LogP contribution in [0.1, 0.15) is 47.0 Å². The largest absolute Gasteiger partial charge is 0.469 e. The van der Waals surface area contributed by atoms with Gasteiger partial charge in [-0.05, 0) is 36.0 Å². The van der Waals surface area contributed by atoms with E-state index in [2.05, 4.69) is 27.7 Å². The highest BCUT2D eigenvalue weighted by atomic mass is 16.5. The molecular weight excluding hydrogens is 216 g/mol. The molecule has 1 aliphatic carbocycles. The standard InChI is InChI=1S/C14H26O3/c1-13(2)6-10(7-14(3,4)9-13)11(8-15)12(16)17-5/h10-11,15H,6-9H2,1-5H3. The molecule has 0 radical (unpaired) electrons. The highest BCUT2D eigenvalue weighted by molar-refractivity contribution is 5.72. The minimum atomic E-state index is -0.362. The van der Waals surface area contributed by atoms with Crippen molar-refractivity contribution in [3.63, 3.8) is 0 Å². The van der Waals surface area contributed by atoms with E-state index in [1.807, 2.05) is 0 Å². The fraction of sp³-hybridized carbons (Fsp3) is 0.929. The number of esters is 1. The molecule has 1 rings (SSSR count). The molecule has 1 saturated carbocycles. The second kappa shape index (κ2) is 4.97. The van der Waals surface area contributed by atoms with E-state index in [0.29, 0.717) is 0 Å². The van der Waals surface area contributed by atoms with Crippen LogP contribution in [-0.4, -0.2) is 24.8 Å². The molecule has 100 valence electrons. The van der Waals surface area contributed by atoms with Crippen LogP contribution in [0.2, 0.25) is 0 Å². The lowest BCUT2D eigenvalue weighted by atomic mass is 9.59. The predicted molar refractivity (Wildman–Crippen MR) is 67.5 cm³/mol. The lowest BCUT2D eigenvalue weighted by Gasteiger charge is -2.46. The van der Waals surface area contributed by atoms with Crippen LogP contribution in [0.3, 0.4) is 0 Å². The van der Waals surface area contributed by atoms with Gasteiger partial charge in [-0.1, -0.05) is 27.7 Å². The van der Waals surface area contributed by atoms with E-state index >= 15 is 0 Å². The van der Waals surface area contributed by atoms with Crippen LogP contribution < -0.4 is 0 Å². The highest BCUT2D eigenvalue weighted by Gasteiger charge is 2.43. The van der Waals surface area contributed by atoms with Crippen LogP contribution in [-0.2, 0) is 9.53 Å². The number of hydrogen-bond donors (Lipinski definition) is 1. The monoisotopic (exact) mass is 242 g/mol. The normalized spacial score (nSPS) is 25.3. The Labute approximate surface area is 105 Å². The van der Waals surface area contributed by atoms with E-state index in [9.17, 15) is 9.90 Å². The van der Waals surface area contributed by atoms with Crippen molar-refractivity contribution < 1.29 is 14.6 Å².